The van der Waals surface area contributed by atoms with Crippen LogP contribution in [-0.4, -0.2) is 62.6 Å². The van der Waals surface area contributed by atoms with Gasteiger partial charge in [0.1, 0.15) is 0 Å². The number of rotatable bonds is 8. The fourth-order valence-corrected chi connectivity index (χ4v) is 3.11. The number of carboxylic acids is 1. The Morgan fingerprint density at radius 1 is 1.33 bits per heavy atom. The first kappa shape index (κ1) is 20.4. The van der Waals surface area contributed by atoms with Crippen LogP contribution in [0.2, 0.25) is 5.02 Å². The zero-order valence-electron chi connectivity index (χ0n) is 13.4. The molecule has 2 N–H and O–H groups in total. The van der Waals surface area contributed by atoms with Crippen molar-refractivity contribution in [3.63, 3.8) is 0 Å². The minimum absolute atomic E-state index is 0.0277. The number of ether oxygens (including phenoxy) is 1. The van der Waals surface area contributed by atoms with Crippen LogP contribution < -0.4 is 5.32 Å². The van der Waals surface area contributed by atoms with Crippen molar-refractivity contribution in [3.05, 3.63) is 29.3 Å². The molecule has 0 bridgehead atoms. The first-order valence-corrected chi connectivity index (χ1v) is 8.60. The molecule has 0 aliphatic carbocycles. The average molecular weight is 379 g/mol. The number of halogens is 1. The molecule has 10 heteroatoms. The molecule has 0 fully saturated rings. The summed E-state index contributed by atoms with van der Waals surface area (Å²) in [6, 6.07) is 5.47. The molecular formula is C14H19ClN2O6S. The van der Waals surface area contributed by atoms with Crippen LogP contribution in [0, 0.1) is 0 Å². The van der Waals surface area contributed by atoms with E-state index >= 15 is 0 Å². The second-order valence-corrected chi connectivity index (χ2v) is 7.81. The van der Waals surface area contributed by atoms with Gasteiger partial charge in [0, 0.05) is 19.2 Å². The molecule has 1 aromatic carbocycles. The predicted molar refractivity (Wildman–Crippen MR) is 87.3 cm³/mol. The molecule has 0 saturated carbocycles. The molecular weight excluding hydrogens is 360 g/mol. The number of benzene rings is 1. The number of aliphatic carboxylic acids is 1. The van der Waals surface area contributed by atoms with Crippen molar-refractivity contribution >= 4 is 33.5 Å². The summed E-state index contributed by atoms with van der Waals surface area (Å²) in [5, 5.41) is 11.8. The molecule has 1 rings (SSSR count). The number of hydrogen-bond acceptors (Lipinski definition) is 5. The Morgan fingerprint density at radius 3 is 2.33 bits per heavy atom. The van der Waals surface area contributed by atoms with Crippen molar-refractivity contribution < 1.29 is 27.9 Å². The molecule has 0 radical (unpaired) electrons. The quantitative estimate of drug-likeness (QED) is 0.683. The van der Waals surface area contributed by atoms with Gasteiger partial charge in [0.15, 0.2) is 5.54 Å². The lowest BCUT2D eigenvalue weighted by molar-refractivity contribution is -0.149. The number of sulfonamides is 1. The van der Waals surface area contributed by atoms with Gasteiger partial charge in [0.25, 0.3) is 0 Å². The monoisotopic (exact) mass is 378 g/mol. The van der Waals surface area contributed by atoms with E-state index in [1.165, 1.54) is 45.3 Å². The molecule has 0 aliphatic rings. The molecule has 0 heterocycles. The maximum Gasteiger partial charge on any atom is 0.331 e. The summed E-state index contributed by atoms with van der Waals surface area (Å²) in [6.45, 7) is 0.462. The molecule has 1 aromatic rings. The summed E-state index contributed by atoms with van der Waals surface area (Å²) in [5.41, 5.74) is -1.66. The van der Waals surface area contributed by atoms with Gasteiger partial charge >= 0.3 is 5.97 Å². The molecule has 0 spiro atoms. The van der Waals surface area contributed by atoms with Crippen molar-refractivity contribution in [2.45, 2.75) is 17.4 Å². The van der Waals surface area contributed by atoms with Crippen LogP contribution in [0.3, 0.4) is 0 Å². The number of carbonyl (C=O) groups excluding carboxylic acids is 1. The number of amides is 1. The number of likely N-dealkylation sites (N-methyl/N-ethyl adjacent to an activating group) is 1. The number of nitrogens with one attached hydrogen (secondary N) is 1. The molecule has 0 saturated heterocycles. The summed E-state index contributed by atoms with van der Waals surface area (Å²) >= 11 is 5.72. The smallest absolute Gasteiger partial charge is 0.331 e. The van der Waals surface area contributed by atoms with Crippen LogP contribution in [0.4, 0.5) is 0 Å². The van der Waals surface area contributed by atoms with Crippen molar-refractivity contribution in [2.24, 2.45) is 0 Å². The third-order valence-corrected chi connectivity index (χ3v) is 5.28. The highest BCUT2D eigenvalue weighted by molar-refractivity contribution is 7.89. The number of methoxy groups -OCH3 is 1. The maximum absolute atomic E-state index is 12.4. The summed E-state index contributed by atoms with van der Waals surface area (Å²) in [7, 11) is -1.39. The Hall–Kier alpha value is -1.68. The Morgan fingerprint density at radius 2 is 1.88 bits per heavy atom. The van der Waals surface area contributed by atoms with Crippen LogP contribution in [0.1, 0.15) is 6.92 Å². The second-order valence-electron chi connectivity index (χ2n) is 5.33. The van der Waals surface area contributed by atoms with Crippen LogP contribution in [-0.2, 0) is 24.3 Å². The lowest BCUT2D eigenvalue weighted by Gasteiger charge is -2.26. The molecule has 134 valence electrons. The standard InChI is InChI=1S/C14H19ClN2O6S/c1-14(9-23-3,13(19)20)16-12(18)8-17(2)24(21,22)11-6-4-10(15)5-7-11/h4-7H,8-9H2,1-3H3,(H,16,18)(H,19,20). The normalized spacial score (nSPS) is 14.2. The van der Waals surface area contributed by atoms with Crippen molar-refractivity contribution in [1.82, 2.24) is 9.62 Å². The third kappa shape index (κ3) is 4.91. The summed E-state index contributed by atoms with van der Waals surface area (Å²) < 4.78 is 30.3. The van der Waals surface area contributed by atoms with Gasteiger partial charge in [0.05, 0.1) is 18.0 Å². The van der Waals surface area contributed by atoms with E-state index < -0.39 is 34.0 Å². The molecule has 1 atom stereocenters. The number of carboxylic acid groups (broad SMARTS) is 1. The van der Waals surface area contributed by atoms with Gasteiger partial charge in [-0.3, -0.25) is 4.79 Å². The van der Waals surface area contributed by atoms with E-state index in [0.29, 0.717) is 5.02 Å². The number of hydrogen-bond donors (Lipinski definition) is 2. The molecule has 0 aliphatic heterocycles. The lowest BCUT2D eigenvalue weighted by atomic mass is 10.0. The topological polar surface area (TPSA) is 113 Å². The first-order chi connectivity index (χ1) is 11.0. The Balaban J connectivity index is 2.86. The third-order valence-electron chi connectivity index (χ3n) is 3.21. The summed E-state index contributed by atoms with van der Waals surface area (Å²) in [6.07, 6.45) is 0. The molecule has 8 nitrogen and oxygen atoms in total. The van der Waals surface area contributed by atoms with Gasteiger partial charge in [-0.25, -0.2) is 13.2 Å². The number of carbonyl (C=O) groups is 2. The van der Waals surface area contributed by atoms with E-state index in [1.807, 2.05) is 0 Å². The van der Waals surface area contributed by atoms with E-state index in [1.54, 1.807) is 0 Å². The summed E-state index contributed by atoms with van der Waals surface area (Å²) in [5.74, 6) is -2.06. The summed E-state index contributed by atoms with van der Waals surface area (Å²) in [4.78, 5) is 23.2. The SMILES string of the molecule is COCC(C)(NC(=O)CN(C)S(=O)(=O)c1ccc(Cl)cc1)C(=O)O. The van der Waals surface area contributed by atoms with Crippen LogP contribution >= 0.6 is 11.6 Å². The van der Waals surface area contributed by atoms with Crippen molar-refractivity contribution in [2.75, 3.05) is 27.3 Å². The Bertz CT molecular complexity index is 706. The highest BCUT2D eigenvalue weighted by Gasteiger charge is 2.36. The van der Waals surface area contributed by atoms with Crippen molar-refractivity contribution in [3.8, 4) is 0 Å². The van der Waals surface area contributed by atoms with E-state index in [2.05, 4.69) is 5.32 Å². The van der Waals surface area contributed by atoms with Gasteiger partial charge < -0.3 is 15.2 Å². The zero-order valence-corrected chi connectivity index (χ0v) is 15.0. The minimum atomic E-state index is -3.90. The van der Waals surface area contributed by atoms with Crippen molar-refractivity contribution in [1.29, 1.82) is 0 Å². The van der Waals surface area contributed by atoms with Crippen LogP contribution in [0.15, 0.2) is 29.2 Å². The van der Waals surface area contributed by atoms with Crippen LogP contribution in [0.5, 0.6) is 0 Å². The Labute approximate surface area is 145 Å². The van der Waals surface area contributed by atoms with Gasteiger partial charge in [0.2, 0.25) is 15.9 Å². The Kier molecular flexibility index (Phi) is 6.73. The fourth-order valence-electron chi connectivity index (χ4n) is 1.86. The minimum Gasteiger partial charge on any atom is -0.479 e. The van der Waals surface area contributed by atoms with E-state index in [0.717, 1.165) is 4.31 Å². The largest absolute Gasteiger partial charge is 0.479 e. The predicted octanol–water partition coefficient (Wildman–Crippen LogP) is 0.566. The highest BCUT2D eigenvalue weighted by Crippen LogP contribution is 2.17. The zero-order chi connectivity index (χ0) is 18.5. The lowest BCUT2D eigenvalue weighted by Crippen LogP contribution is -2.57. The van der Waals surface area contributed by atoms with Gasteiger partial charge in [-0.15, -0.1) is 0 Å². The van der Waals surface area contributed by atoms with Gasteiger partial charge in [-0.05, 0) is 31.2 Å². The number of nitrogens with zero attached hydrogens (tertiary/aromatic N) is 1. The second kappa shape index (κ2) is 7.93. The molecule has 0 aromatic heterocycles. The van der Waals surface area contributed by atoms with Crippen LogP contribution in [0.25, 0.3) is 0 Å². The molecule has 24 heavy (non-hydrogen) atoms. The van der Waals surface area contributed by atoms with E-state index in [-0.39, 0.29) is 11.5 Å². The van der Waals surface area contributed by atoms with Gasteiger partial charge in [-0.2, -0.15) is 4.31 Å². The molecule has 1 amide bonds. The first-order valence-electron chi connectivity index (χ1n) is 6.78. The average Bonchev–Trinajstić information content (AvgIpc) is 2.47. The van der Waals surface area contributed by atoms with Gasteiger partial charge in [-0.1, -0.05) is 11.6 Å². The molecule has 1 unspecified atom stereocenters. The fraction of sp³-hybridized carbons (Fsp3) is 0.429. The maximum atomic E-state index is 12.4. The van der Waals surface area contributed by atoms with E-state index in [9.17, 15) is 23.1 Å². The van der Waals surface area contributed by atoms with E-state index in [4.69, 9.17) is 16.3 Å². The highest BCUT2D eigenvalue weighted by atomic mass is 35.5.